The third-order valence-corrected chi connectivity index (χ3v) is 3.21. The molecule has 98 valence electrons. The lowest BCUT2D eigenvalue weighted by Gasteiger charge is -2.07. The van der Waals surface area contributed by atoms with E-state index in [1.165, 1.54) is 0 Å². The van der Waals surface area contributed by atoms with Gasteiger partial charge < -0.3 is 4.74 Å². The molecule has 1 aromatic carbocycles. The van der Waals surface area contributed by atoms with Gasteiger partial charge in [0.05, 0.1) is 11.8 Å². The molecule has 1 aliphatic rings. The van der Waals surface area contributed by atoms with Gasteiger partial charge in [-0.1, -0.05) is 30.7 Å². The van der Waals surface area contributed by atoms with E-state index in [-0.39, 0.29) is 0 Å². The predicted octanol–water partition coefficient (Wildman–Crippen LogP) is 3.90. The number of rotatable bonds is 4. The number of ether oxygens (including phenoxy) is 1. The van der Waals surface area contributed by atoms with Crippen molar-refractivity contribution in [2.24, 2.45) is 0 Å². The van der Waals surface area contributed by atoms with Crippen LogP contribution in [0.1, 0.15) is 25.6 Å². The van der Waals surface area contributed by atoms with Crippen LogP contribution in [0.5, 0.6) is 5.75 Å². The van der Waals surface area contributed by atoms with Crippen molar-refractivity contribution in [1.82, 2.24) is 9.97 Å². The van der Waals surface area contributed by atoms with Crippen LogP contribution in [-0.4, -0.2) is 16.1 Å². The third-order valence-electron chi connectivity index (χ3n) is 3.01. The lowest BCUT2D eigenvalue weighted by atomic mass is 10.1. The van der Waals surface area contributed by atoms with Crippen LogP contribution in [0.3, 0.4) is 0 Å². The molecule has 3 nitrogen and oxygen atoms in total. The molecular formula is C15H15ClN2O. The summed E-state index contributed by atoms with van der Waals surface area (Å²) in [7, 11) is 0. The minimum atomic E-state index is 0.399. The van der Waals surface area contributed by atoms with Crippen molar-refractivity contribution in [3.05, 3.63) is 41.3 Å². The van der Waals surface area contributed by atoms with Gasteiger partial charge in [0.2, 0.25) is 0 Å². The van der Waals surface area contributed by atoms with Crippen LogP contribution in [0.2, 0.25) is 5.15 Å². The molecule has 4 heteroatoms. The summed E-state index contributed by atoms with van der Waals surface area (Å²) in [5, 5.41) is 0.482. The normalized spacial score (nSPS) is 14.4. The molecule has 19 heavy (non-hydrogen) atoms. The number of aromatic nitrogens is 2. The van der Waals surface area contributed by atoms with Gasteiger partial charge in [0, 0.05) is 18.1 Å². The Labute approximate surface area is 117 Å². The Balaban J connectivity index is 1.93. The van der Waals surface area contributed by atoms with E-state index in [4.69, 9.17) is 16.3 Å². The first kappa shape index (κ1) is 12.4. The van der Waals surface area contributed by atoms with Gasteiger partial charge in [-0.2, -0.15) is 0 Å². The van der Waals surface area contributed by atoms with Crippen molar-refractivity contribution in [3.63, 3.8) is 0 Å². The summed E-state index contributed by atoms with van der Waals surface area (Å²) in [6.07, 6.45) is 3.48. The Kier molecular flexibility index (Phi) is 3.38. The third kappa shape index (κ3) is 3.04. The van der Waals surface area contributed by atoms with Gasteiger partial charge in [0.15, 0.2) is 0 Å². The van der Waals surface area contributed by atoms with Crippen molar-refractivity contribution in [3.8, 4) is 17.0 Å². The summed E-state index contributed by atoms with van der Waals surface area (Å²) in [5.41, 5.74) is 1.86. The fourth-order valence-corrected chi connectivity index (χ4v) is 2.08. The second-order valence-electron chi connectivity index (χ2n) is 4.69. The second-order valence-corrected chi connectivity index (χ2v) is 5.08. The van der Waals surface area contributed by atoms with E-state index in [0.29, 0.717) is 11.3 Å². The molecule has 0 aliphatic heterocycles. The highest BCUT2D eigenvalue weighted by atomic mass is 35.5. The van der Waals surface area contributed by atoms with Crippen LogP contribution in [0.15, 0.2) is 30.3 Å². The monoisotopic (exact) mass is 274 g/mol. The van der Waals surface area contributed by atoms with Crippen LogP contribution >= 0.6 is 11.6 Å². The lowest BCUT2D eigenvalue weighted by molar-refractivity contribution is 0.303. The van der Waals surface area contributed by atoms with Gasteiger partial charge in [-0.25, -0.2) is 9.97 Å². The Morgan fingerprint density at radius 2 is 2.11 bits per heavy atom. The first-order chi connectivity index (χ1) is 9.24. The standard InChI is InChI=1S/C15H15ClN2O/c1-2-15-17-13(9-14(16)18-15)10-4-3-5-12(8-10)19-11-6-7-11/h3-5,8-9,11H,2,6-7H2,1H3. The number of hydrogen-bond donors (Lipinski definition) is 0. The molecule has 0 unspecified atom stereocenters. The van der Waals surface area contributed by atoms with Crippen molar-refractivity contribution in [2.75, 3.05) is 0 Å². The van der Waals surface area contributed by atoms with E-state index in [2.05, 4.69) is 9.97 Å². The molecule has 3 rings (SSSR count). The predicted molar refractivity (Wildman–Crippen MR) is 75.5 cm³/mol. The summed E-state index contributed by atoms with van der Waals surface area (Å²) in [4.78, 5) is 8.69. The van der Waals surface area contributed by atoms with Gasteiger partial charge >= 0.3 is 0 Å². The van der Waals surface area contributed by atoms with Crippen molar-refractivity contribution < 1.29 is 4.74 Å². The summed E-state index contributed by atoms with van der Waals surface area (Å²) in [6.45, 7) is 2.02. The van der Waals surface area contributed by atoms with E-state index < -0.39 is 0 Å². The first-order valence-electron chi connectivity index (χ1n) is 6.55. The number of aryl methyl sites for hydroxylation is 1. The van der Waals surface area contributed by atoms with Gasteiger partial charge in [-0.05, 0) is 25.0 Å². The Hall–Kier alpha value is -1.61. The minimum absolute atomic E-state index is 0.399. The van der Waals surface area contributed by atoms with Crippen molar-refractivity contribution in [2.45, 2.75) is 32.3 Å². The van der Waals surface area contributed by atoms with E-state index >= 15 is 0 Å². The summed E-state index contributed by atoms with van der Waals surface area (Å²) in [5.74, 6) is 1.66. The van der Waals surface area contributed by atoms with Gasteiger partial charge in [0.25, 0.3) is 0 Å². The number of halogens is 1. The smallest absolute Gasteiger partial charge is 0.133 e. The van der Waals surface area contributed by atoms with Crippen LogP contribution in [0, 0.1) is 0 Å². The highest BCUT2D eigenvalue weighted by Crippen LogP contribution is 2.29. The van der Waals surface area contributed by atoms with Crippen molar-refractivity contribution in [1.29, 1.82) is 0 Å². The molecule has 1 aliphatic carbocycles. The van der Waals surface area contributed by atoms with E-state index in [0.717, 1.165) is 42.1 Å². The van der Waals surface area contributed by atoms with E-state index in [9.17, 15) is 0 Å². The largest absolute Gasteiger partial charge is 0.490 e. The molecule has 1 fully saturated rings. The zero-order valence-corrected chi connectivity index (χ0v) is 11.5. The molecule has 1 aromatic heterocycles. The molecule has 0 saturated heterocycles. The average Bonchev–Trinajstić information content (AvgIpc) is 3.22. The Morgan fingerprint density at radius 3 is 2.84 bits per heavy atom. The maximum absolute atomic E-state index is 6.03. The number of nitrogens with zero attached hydrogens (tertiary/aromatic N) is 2. The fraction of sp³-hybridized carbons (Fsp3) is 0.333. The summed E-state index contributed by atoms with van der Waals surface area (Å²) < 4.78 is 5.80. The van der Waals surface area contributed by atoms with E-state index in [1.54, 1.807) is 6.07 Å². The van der Waals surface area contributed by atoms with Gasteiger partial charge in [0.1, 0.15) is 16.7 Å². The maximum Gasteiger partial charge on any atom is 0.133 e. The molecule has 0 atom stereocenters. The topological polar surface area (TPSA) is 35.0 Å². The van der Waals surface area contributed by atoms with Crippen LogP contribution in [-0.2, 0) is 6.42 Å². The SMILES string of the molecule is CCc1nc(Cl)cc(-c2cccc(OC3CC3)c2)n1. The van der Waals surface area contributed by atoms with Crippen LogP contribution < -0.4 is 4.74 Å². The fourth-order valence-electron chi connectivity index (χ4n) is 1.88. The van der Waals surface area contributed by atoms with Crippen LogP contribution in [0.4, 0.5) is 0 Å². The Morgan fingerprint density at radius 1 is 1.26 bits per heavy atom. The first-order valence-corrected chi connectivity index (χ1v) is 6.93. The Bertz CT molecular complexity index is 596. The zero-order valence-electron chi connectivity index (χ0n) is 10.8. The summed E-state index contributed by atoms with van der Waals surface area (Å²) in [6, 6.07) is 9.77. The average molecular weight is 275 g/mol. The molecule has 0 amide bonds. The van der Waals surface area contributed by atoms with Gasteiger partial charge in [-0.15, -0.1) is 0 Å². The molecule has 0 N–H and O–H groups in total. The van der Waals surface area contributed by atoms with Crippen molar-refractivity contribution >= 4 is 11.6 Å². The van der Waals surface area contributed by atoms with Crippen LogP contribution in [0.25, 0.3) is 11.3 Å². The molecule has 0 bridgehead atoms. The lowest BCUT2D eigenvalue weighted by Crippen LogP contribution is -1.97. The summed E-state index contributed by atoms with van der Waals surface area (Å²) >= 11 is 6.03. The molecule has 2 aromatic rings. The van der Waals surface area contributed by atoms with E-state index in [1.807, 2.05) is 31.2 Å². The molecular weight excluding hydrogens is 260 g/mol. The second kappa shape index (κ2) is 5.17. The highest BCUT2D eigenvalue weighted by molar-refractivity contribution is 6.29. The molecule has 0 radical (unpaired) electrons. The number of hydrogen-bond acceptors (Lipinski definition) is 3. The molecule has 1 saturated carbocycles. The highest BCUT2D eigenvalue weighted by Gasteiger charge is 2.23. The zero-order chi connectivity index (χ0) is 13.2. The molecule has 0 spiro atoms. The maximum atomic E-state index is 6.03. The quantitative estimate of drug-likeness (QED) is 0.793. The van der Waals surface area contributed by atoms with Gasteiger partial charge in [-0.3, -0.25) is 0 Å². The number of benzene rings is 1. The molecule has 1 heterocycles. The minimum Gasteiger partial charge on any atom is -0.490 e.